The number of aryl methyl sites for hydroxylation is 1. The topological polar surface area (TPSA) is 156 Å². The number of H-pyrrole nitrogens is 1. The van der Waals surface area contributed by atoms with E-state index >= 15 is 0 Å². The van der Waals surface area contributed by atoms with Crippen molar-refractivity contribution in [3.05, 3.63) is 39.4 Å². The fourth-order valence-electron chi connectivity index (χ4n) is 3.14. The molecule has 0 bridgehead atoms. The molecule has 3 N–H and O–H groups in total. The number of anilines is 1. The number of carbonyl (C=O) groups is 1. The van der Waals surface area contributed by atoms with Crippen molar-refractivity contribution in [1.29, 1.82) is 0 Å². The van der Waals surface area contributed by atoms with Crippen LogP contribution < -0.4 is 10.9 Å². The van der Waals surface area contributed by atoms with Crippen molar-refractivity contribution in [2.24, 2.45) is 0 Å². The molecule has 0 amide bonds. The first-order valence-corrected chi connectivity index (χ1v) is 11.3. The third-order valence-corrected chi connectivity index (χ3v) is 5.08. The number of nitrogens with one attached hydrogen (secondary N) is 2. The number of alkyl halides is 3. The minimum atomic E-state index is -5.08. The maximum atomic E-state index is 13.0. The van der Waals surface area contributed by atoms with Gasteiger partial charge in [-0.3, -0.25) is 9.36 Å². The van der Waals surface area contributed by atoms with Gasteiger partial charge in [0.25, 0.3) is 5.56 Å². The van der Waals surface area contributed by atoms with E-state index in [0.717, 1.165) is 25.8 Å². The largest absolute Gasteiger partial charge is 0.490 e. The molecule has 0 spiro atoms. The van der Waals surface area contributed by atoms with Crippen molar-refractivity contribution in [1.82, 2.24) is 39.1 Å². The van der Waals surface area contributed by atoms with Crippen molar-refractivity contribution in [2.75, 3.05) is 11.9 Å². The molecular weight excluding hydrogens is 539 g/mol. The van der Waals surface area contributed by atoms with Crippen molar-refractivity contribution in [3.8, 4) is 0 Å². The van der Waals surface area contributed by atoms with Crippen LogP contribution >= 0.6 is 15.9 Å². The van der Waals surface area contributed by atoms with Crippen molar-refractivity contribution >= 4 is 44.8 Å². The zero-order chi connectivity index (χ0) is 25.6. The Bertz CT molecular complexity index is 1350. The van der Waals surface area contributed by atoms with Gasteiger partial charge in [-0.2, -0.15) is 13.2 Å². The summed E-state index contributed by atoms with van der Waals surface area (Å²) in [5.74, 6) is -1.13. The fourth-order valence-corrected chi connectivity index (χ4v) is 3.51. The molecule has 0 atom stereocenters. The summed E-state index contributed by atoms with van der Waals surface area (Å²) in [6, 6.07) is 1.76. The highest BCUT2D eigenvalue weighted by molar-refractivity contribution is 9.10. The van der Waals surface area contributed by atoms with Crippen LogP contribution in [0.1, 0.15) is 32.0 Å². The lowest BCUT2D eigenvalue weighted by Gasteiger charge is -2.09. The minimum absolute atomic E-state index is 0.203. The van der Waals surface area contributed by atoms with Crippen LogP contribution in [0, 0.1) is 0 Å². The van der Waals surface area contributed by atoms with E-state index < -0.39 is 12.1 Å². The van der Waals surface area contributed by atoms with Crippen LogP contribution in [0.25, 0.3) is 16.9 Å². The lowest BCUT2D eigenvalue weighted by molar-refractivity contribution is -0.192. The highest BCUT2D eigenvalue weighted by Gasteiger charge is 2.38. The van der Waals surface area contributed by atoms with Gasteiger partial charge in [0.2, 0.25) is 11.7 Å². The van der Waals surface area contributed by atoms with Gasteiger partial charge in [0.15, 0.2) is 15.9 Å². The molecule has 0 fully saturated rings. The maximum Gasteiger partial charge on any atom is 0.490 e. The highest BCUT2D eigenvalue weighted by atomic mass is 79.9. The number of carboxylic acids is 1. The second kappa shape index (κ2) is 11.2. The molecule has 0 saturated heterocycles. The van der Waals surface area contributed by atoms with Gasteiger partial charge in [0.05, 0.1) is 0 Å². The normalized spacial score (nSPS) is 11.5. The molecule has 0 saturated carbocycles. The predicted molar refractivity (Wildman–Crippen MR) is 122 cm³/mol. The van der Waals surface area contributed by atoms with Gasteiger partial charge in [-0.05, 0) is 28.4 Å². The van der Waals surface area contributed by atoms with E-state index in [4.69, 9.17) is 9.90 Å². The Morgan fingerprint density at radius 3 is 2.54 bits per heavy atom. The van der Waals surface area contributed by atoms with Crippen LogP contribution in [0.3, 0.4) is 0 Å². The molecule has 0 radical (unpaired) electrons. The molecule has 4 aromatic heterocycles. The number of aromatic amines is 1. The summed E-state index contributed by atoms with van der Waals surface area (Å²) in [4.78, 5) is 37.6. The smallest absolute Gasteiger partial charge is 0.475 e. The fraction of sp³-hybridized carbons (Fsp3) is 0.421. The zero-order valence-corrected chi connectivity index (χ0v) is 20.0. The highest BCUT2D eigenvalue weighted by Crippen LogP contribution is 2.17. The average molecular weight is 560 g/mol. The van der Waals surface area contributed by atoms with Gasteiger partial charge in [0, 0.05) is 31.9 Å². The molecule has 4 heterocycles. The quantitative estimate of drug-likeness (QED) is 0.218. The average Bonchev–Trinajstić information content (AvgIpc) is 3.41. The van der Waals surface area contributed by atoms with Crippen molar-refractivity contribution in [2.45, 2.75) is 45.3 Å². The molecule has 0 aliphatic heterocycles. The molecule has 35 heavy (non-hydrogen) atoms. The summed E-state index contributed by atoms with van der Waals surface area (Å²) in [6.45, 7) is 3.41. The number of imidazole rings is 1. The molecule has 188 valence electrons. The van der Waals surface area contributed by atoms with E-state index in [-0.39, 0.29) is 5.56 Å². The number of rotatable bonds is 8. The molecule has 4 aromatic rings. The first-order chi connectivity index (χ1) is 16.6. The second-order valence-corrected chi connectivity index (χ2v) is 7.94. The van der Waals surface area contributed by atoms with Crippen LogP contribution in [0.2, 0.25) is 0 Å². The molecule has 0 aliphatic carbocycles. The summed E-state index contributed by atoms with van der Waals surface area (Å²) >= 11 is 3.33. The summed E-state index contributed by atoms with van der Waals surface area (Å²) in [6.07, 6.45) is 1.93. The van der Waals surface area contributed by atoms with Crippen molar-refractivity contribution < 1.29 is 23.1 Å². The van der Waals surface area contributed by atoms with Crippen LogP contribution in [-0.4, -0.2) is 62.9 Å². The lowest BCUT2D eigenvalue weighted by atomic mass is 10.2. The van der Waals surface area contributed by atoms with Crippen molar-refractivity contribution in [3.63, 3.8) is 0 Å². The SMILES string of the molecule is CCCCCn1c2nc(Br)[nH]c2c(=O)n2c(CCNc3ncccn3)nnc12.O=C(O)C(F)(F)F. The molecular formula is C19H21BrF3N9O3. The third kappa shape index (κ3) is 6.32. The Morgan fingerprint density at radius 2 is 1.91 bits per heavy atom. The lowest BCUT2D eigenvalue weighted by Crippen LogP contribution is -2.22. The number of aromatic nitrogens is 8. The van der Waals surface area contributed by atoms with E-state index in [1.165, 1.54) is 0 Å². The summed E-state index contributed by atoms with van der Waals surface area (Å²) < 4.78 is 35.8. The Balaban J connectivity index is 0.000000429. The number of aliphatic carboxylic acids is 1. The van der Waals surface area contributed by atoms with Gasteiger partial charge in [-0.25, -0.2) is 24.1 Å². The van der Waals surface area contributed by atoms with Crippen LogP contribution in [-0.2, 0) is 17.8 Å². The zero-order valence-electron chi connectivity index (χ0n) is 18.4. The van der Waals surface area contributed by atoms with E-state index in [2.05, 4.69) is 58.3 Å². The maximum absolute atomic E-state index is 13.0. The van der Waals surface area contributed by atoms with E-state index in [1.807, 2.05) is 4.57 Å². The molecule has 0 aromatic carbocycles. The number of hydrogen-bond donors (Lipinski definition) is 3. The summed E-state index contributed by atoms with van der Waals surface area (Å²) in [5.41, 5.74) is 0.831. The molecule has 0 aliphatic rings. The standard InChI is InChI=1S/C17H20BrN9O.C2HF3O2/c1-2-3-4-10-26-13-12(22-15(18)23-13)14(28)27-11(24-25-17(26)27)6-9-21-16-19-7-5-8-20-16;3-2(4,5)1(6)7/h5,7-8H,2-4,6,9-10H2,1H3,(H,22,23)(H,19,20,21);(H,6,7). The van der Waals surface area contributed by atoms with Crippen LogP contribution in [0.15, 0.2) is 28.0 Å². The number of nitrogens with zero attached hydrogens (tertiary/aromatic N) is 7. The first-order valence-electron chi connectivity index (χ1n) is 10.5. The summed E-state index contributed by atoms with van der Waals surface area (Å²) in [7, 11) is 0. The minimum Gasteiger partial charge on any atom is -0.475 e. The molecule has 4 rings (SSSR count). The molecule has 12 nitrogen and oxygen atoms in total. The second-order valence-electron chi connectivity index (χ2n) is 7.19. The van der Waals surface area contributed by atoms with E-state index in [0.29, 0.717) is 46.4 Å². The van der Waals surface area contributed by atoms with Crippen LogP contribution in [0.5, 0.6) is 0 Å². The monoisotopic (exact) mass is 559 g/mol. The number of halogens is 4. The third-order valence-electron chi connectivity index (χ3n) is 4.71. The Kier molecular flexibility index (Phi) is 8.37. The Labute approximate surface area is 203 Å². The predicted octanol–water partition coefficient (Wildman–Crippen LogP) is 2.80. The molecule has 16 heteroatoms. The van der Waals surface area contributed by atoms with Gasteiger partial charge in [-0.1, -0.05) is 19.8 Å². The van der Waals surface area contributed by atoms with Gasteiger partial charge < -0.3 is 15.4 Å². The van der Waals surface area contributed by atoms with Gasteiger partial charge in [-0.15, -0.1) is 10.2 Å². The number of fused-ring (bicyclic) bond motifs is 2. The van der Waals surface area contributed by atoms with E-state index in [1.54, 1.807) is 22.9 Å². The summed E-state index contributed by atoms with van der Waals surface area (Å²) in [5, 5.41) is 18.8. The Morgan fingerprint density at radius 1 is 1.23 bits per heavy atom. The molecule has 0 unspecified atom stereocenters. The number of carboxylic acid groups (broad SMARTS) is 1. The van der Waals surface area contributed by atoms with Gasteiger partial charge in [0.1, 0.15) is 5.82 Å². The number of hydrogen-bond acceptors (Lipinski definition) is 8. The Hall–Kier alpha value is -3.56. The van der Waals surface area contributed by atoms with E-state index in [9.17, 15) is 18.0 Å². The first kappa shape index (κ1) is 26.1. The van der Waals surface area contributed by atoms with Crippen LogP contribution in [0.4, 0.5) is 19.1 Å². The number of unbranched alkanes of at least 4 members (excludes halogenated alkanes) is 2. The van der Waals surface area contributed by atoms with Gasteiger partial charge >= 0.3 is 12.1 Å².